The lowest BCUT2D eigenvalue weighted by Gasteiger charge is -2.23. The Labute approximate surface area is 109 Å². The zero-order valence-electron chi connectivity index (χ0n) is 10.6. The number of nitrogens with zero attached hydrogens (tertiary/aromatic N) is 1. The van der Waals surface area contributed by atoms with Crippen LogP contribution in [0.2, 0.25) is 0 Å². The second-order valence-electron chi connectivity index (χ2n) is 4.25. The number of hydrogen-bond donors (Lipinski definition) is 2. The molecule has 2 unspecified atom stereocenters. The van der Waals surface area contributed by atoms with E-state index in [4.69, 9.17) is 5.11 Å². The van der Waals surface area contributed by atoms with Gasteiger partial charge < -0.3 is 15.3 Å². The van der Waals surface area contributed by atoms with Gasteiger partial charge in [-0.15, -0.1) is 0 Å². The zero-order valence-corrected chi connectivity index (χ0v) is 11.4. The van der Waals surface area contributed by atoms with Crippen molar-refractivity contribution in [3.8, 4) is 0 Å². The van der Waals surface area contributed by atoms with Gasteiger partial charge in [0.15, 0.2) is 0 Å². The van der Waals surface area contributed by atoms with Crippen molar-refractivity contribution >= 4 is 22.8 Å². The molecule has 1 fully saturated rings. The van der Waals surface area contributed by atoms with Gasteiger partial charge in [-0.1, -0.05) is 6.92 Å². The van der Waals surface area contributed by atoms with E-state index in [-0.39, 0.29) is 18.5 Å². The molecular formula is C11H20N2O4S. The molecular weight excluding hydrogens is 256 g/mol. The van der Waals surface area contributed by atoms with E-state index in [1.54, 1.807) is 4.90 Å². The number of aliphatic carboxylic acids is 1. The minimum Gasteiger partial charge on any atom is -0.481 e. The monoisotopic (exact) mass is 276 g/mol. The summed E-state index contributed by atoms with van der Waals surface area (Å²) in [5.41, 5.74) is 0. The van der Waals surface area contributed by atoms with Gasteiger partial charge in [-0.3, -0.25) is 9.00 Å². The first-order valence-corrected chi connectivity index (χ1v) is 7.64. The molecule has 0 radical (unpaired) electrons. The number of urea groups is 1. The van der Waals surface area contributed by atoms with Gasteiger partial charge in [-0.05, 0) is 12.8 Å². The fraction of sp³-hybridized carbons (Fsp3) is 0.818. The Morgan fingerprint density at radius 1 is 1.50 bits per heavy atom. The molecule has 0 spiro atoms. The first-order chi connectivity index (χ1) is 8.54. The zero-order chi connectivity index (χ0) is 13.5. The van der Waals surface area contributed by atoms with Gasteiger partial charge in [-0.2, -0.15) is 0 Å². The van der Waals surface area contributed by atoms with Crippen LogP contribution in [-0.4, -0.2) is 56.9 Å². The molecule has 1 heterocycles. The maximum atomic E-state index is 11.8. The molecule has 2 amide bonds. The number of carboxylic acids is 1. The SMILES string of the molecule is CCS(=O)CCNC(=O)N1CCCC1CC(=O)O. The molecule has 7 heteroatoms. The largest absolute Gasteiger partial charge is 0.481 e. The fourth-order valence-corrected chi connectivity index (χ4v) is 2.65. The summed E-state index contributed by atoms with van der Waals surface area (Å²) >= 11 is 0. The van der Waals surface area contributed by atoms with Gasteiger partial charge in [0, 0.05) is 41.4 Å². The molecule has 2 N–H and O–H groups in total. The number of carbonyl (C=O) groups excluding carboxylic acids is 1. The molecule has 0 aliphatic carbocycles. The number of likely N-dealkylation sites (tertiary alicyclic amines) is 1. The van der Waals surface area contributed by atoms with Crippen LogP contribution in [0.4, 0.5) is 4.79 Å². The van der Waals surface area contributed by atoms with Crippen LogP contribution in [0.1, 0.15) is 26.2 Å². The topological polar surface area (TPSA) is 86.7 Å². The number of carboxylic acid groups (broad SMARTS) is 1. The molecule has 18 heavy (non-hydrogen) atoms. The number of rotatable bonds is 6. The van der Waals surface area contributed by atoms with Crippen LogP contribution in [0, 0.1) is 0 Å². The summed E-state index contributed by atoms with van der Waals surface area (Å²) < 4.78 is 11.2. The second kappa shape index (κ2) is 7.35. The van der Waals surface area contributed by atoms with E-state index >= 15 is 0 Å². The average molecular weight is 276 g/mol. The molecule has 0 aromatic rings. The van der Waals surface area contributed by atoms with Crippen molar-refractivity contribution in [3.63, 3.8) is 0 Å². The van der Waals surface area contributed by atoms with E-state index in [1.807, 2.05) is 6.92 Å². The maximum absolute atomic E-state index is 11.8. The van der Waals surface area contributed by atoms with E-state index in [0.29, 0.717) is 24.6 Å². The van der Waals surface area contributed by atoms with Crippen LogP contribution in [0.3, 0.4) is 0 Å². The van der Waals surface area contributed by atoms with Crippen LogP contribution in [0.25, 0.3) is 0 Å². The third-order valence-electron chi connectivity index (χ3n) is 2.98. The first-order valence-electron chi connectivity index (χ1n) is 6.15. The standard InChI is InChI=1S/C11H20N2O4S/c1-2-18(17)7-5-12-11(16)13-6-3-4-9(13)8-10(14)15/h9H,2-8H2,1H3,(H,12,16)(H,14,15). The van der Waals surface area contributed by atoms with E-state index in [9.17, 15) is 13.8 Å². The Bertz CT molecular complexity index is 335. The molecule has 0 bridgehead atoms. The van der Waals surface area contributed by atoms with Crippen LogP contribution in [0.5, 0.6) is 0 Å². The molecule has 1 saturated heterocycles. The lowest BCUT2D eigenvalue weighted by Crippen LogP contribution is -2.44. The van der Waals surface area contributed by atoms with Gasteiger partial charge in [0.05, 0.1) is 6.42 Å². The normalized spacial score (nSPS) is 20.7. The van der Waals surface area contributed by atoms with E-state index in [0.717, 1.165) is 12.8 Å². The summed E-state index contributed by atoms with van der Waals surface area (Å²) in [6.07, 6.45) is 1.57. The minimum atomic E-state index is -0.890. The summed E-state index contributed by atoms with van der Waals surface area (Å²) in [6.45, 7) is 2.80. The predicted octanol–water partition coefficient (Wildman–Crippen LogP) is 0.404. The highest BCUT2D eigenvalue weighted by atomic mass is 32.2. The maximum Gasteiger partial charge on any atom is 0.317 e. The molecule has 0 saturated carbocycles. The quantitative estimate of drug-likeness (QED) is 0.735. The third kappa shape index (κ3) is 4.64. The number of nitrogens with one attached hydrogen (secondary N) is 1. The number of hydrogen-bond acceptors (Lipinski definition) is 3. The van der Waals surface area contributed by atoms with E-state index in [1.165, 1.54) is 0 Å². The summed E-state index contributed by atoms with van der Waals surface area (Å²) in [6, 6.07) is -0.453. The Morgan fingerprint density at radius 2 is 2.22 bits per heavy atom. The molecule has 0 aromatic heterocycles. The second-order valence-corrected chi connectivity index (χ2v) is 6.12. The van der Waals surface area contributed by atoms with Gasteiger partial charge in [0.25, 0.3) is 0 Å². The van der Waals surface area contributed by atoms with Crippen molar-refractivity contribution in [1.82, 2.24) is 10.2 Å². The Hall–Kier alpha value is -1.11. The lowest BCUT2D eigenvalue weighted by molar-refractivity contribution is -0.137. The summed E-state index contributed by atoms with van der Waals surface area (Å²) in [5.74, 6) is 0.146. The molecule has 1 aliphatic heterocycles. The average Bonchev–Trinajstić information content (AvgIpc) is 2.75. The molecule has 0 aromatic carbocycles. The summed E-state index contributed by atoms with van der Waals surface area (Å²) in [5, 5.41) is 11.4. The highest BCUT2D eigenvalue weighted by Gasteiger charge is 2.30. The fourth-order valence-electron chi connectivity index (χ4n) is 2.03. The number of amides is 2. The summed E-state index contributed by atoms with van der Waals surface area (Å²) in [7, 11) is -0.890. The third-order valence-corrected chi connectivity index (χ3v) is 4.28. The van der Waals surface area contributed by atoms with Crippen LogP contribution < -0.4 is 5.32 Å². The lowest BCUT2D eigenvalue weighted by atomic mass is 10.1. The van der Waals surface area contributed by atoms with Crippen molar-refractivity contribution in [3.05, 3.63) is 0 Å². The van der Waals surface area contributed by atoms with Gasteiger partial charge in [0.2, 0.25) is 0 Å². The van der Waals surface area contributed by atoms with Gasteiger partial charge in [-0.25, -0.2) is 4.79 Å². The van der Waals surface area contributed by atoms with Gasteiger partial charge >= 0.3 is 12.0 Å². The van der Waals surface area contributed by atoms with Crippen molar-refractivity contribution in [2.24, 2.45) is 0 Å². The summed E-state index contributed by atoms with van der Waals surface area (Å²) in [4.78, 5) is 24.1. The van der Waals surface area contributed by atoms with E-state index < -0.39 is 16.8 Å². The molecule has 104 valence electrons. The molecule has 2 atom stereocenters. The molecule has 6 nitrogen and oxygen atoms in total. The first kappa shape index (κ1) is 14.9. The van der Waals surface area contributed by atoms with Crippen molar-refractivity contribution in [1.29, 1.82) is 0 Å². The smallest absolute Gasteiger partial charge is 0.317 e. The number of carbonyl (C=O) groups is 2. The van der Waals surface area contributed by atoms with E-state index in [2.05, 4.69) is 5.32 Å². The highest BCUT2D eigenvalue weighted by Crippen LogP contribution is 2.19. The highest BCUT2D eigenvalue weighted by molar-refractivity contribution is 7.84. The molecule has 1 aliphatic rings. The Kier molecular flexibility index (Phi) is 6.11. The Morgan fingerprint density at radius 3 is 2.83 bits per heavy atom. The van der Waals surface area contributed by atoms with Crippen molar-refractivity contribution in [2.45, 2.75) is 32.2 Å². The van der Waals surface area contributed by atoms with Gasteiger partial charge in [0.1, 0.15) is 0 Å². The van der Waals surface area contributed by atoms with Crippen LogP contribution in [-0.2, 0) is 15.6 Å². The predicted molar refractivity (Wildman–Crippen MR) is 68.9 cm³/mol. The van der Waals surface area contributed by atoms with Crippen LogP contribution in [0.15, 0.2) is 0 Å². The minimum absolute atomic E-state index is 0.00564. The molecule has 1 rings (SSSR count). The Balaban J connectivity index is 2.35. The van der Waals surface area contributed by atoms with Crippen molar-refractivity contribution in [2.75, 3.05) is 24.6 Å². The van der Waals surface area contributed by atoms with Crippen LogP contribution >= 0.6 is 0 Å². The van der Waals surface area contributed by atoms with Crippen molar-refractivity contribution < 1.29 is 18.9 Å².